The van der Waals surface area contributed by atoms with Gasteiger partial charge in [0.25, 0.3) is 5.91 Å². The summed E-state index contributed by atoms with van der Waals surface area (Å²) in [5.74, 6) is -0.0877. The molecule has 2 heterocycles. The van der Waals surface area contributed by atoms with Gasteiger partial charge >= 0.3 is 0 Å². The van der Waals surface area contributed by atoms with Gasteiger partial charge in [0.15, 0.2) is 5.69 Å². The molecule has 3 rings (SSSR count). The van der Waals surface area contributed by atoms with Gasteiger partial charge in [-0.05, 0) is 38.0 Å². The molecule has 0 unspecified atom stereocenters. The van der Waals surface area contributed by atoms with Crippen molar-refractivity contribution in [3.63, 3.8) is 0 Å². The number of nitriles is 1. The number of nitrogens with one attached hydrogen (secondary N) is 1. The average Bonchev–Trinajstić information content (AvgIpc) is 3.03. The van der Waals surface area contributed by atoms with Crippen molar-refractivity contribution in [3.8, 4) is 6.07 Å². The van der Waals surface area contributed by atoms with Gasteiger partial charge in [0.2, 0.25) is 0 Å². The van der Waals surface area contributed by atoms with Crippen LogP contribution in [0.5, 0.6) is 0 Å². The predicted octanol–water partition coefficient (Wildman–Crippen LogP) is 2.62. The normalized spacial score (nSPS) is 19.1. The number of carbonyl (C=O) groups excluding carboxylic acids is 1. The Morgan fingerprint density at radius 1 is 1.48 bits per heavy atom. The summed E-state index contributed by atoms with van der Waals surface area (Å²) in [5.41, 5.74) is 4.03. The van der Waals surface area contributed by atoms with Crippen molar-refractivity contribution in [3.05, 3.63) is 52.3 Å². The van der Waals surface area contributed by atoms with Crippen molar-refractivity contribution >= 4 is 5.91 Å². The van der Waals surface area contributed by atoms with E-state index >= 15 is 0 Å². The maximum Gasteiger partial charge on any atom is 0.274 e. The molecule has 0 bridgehead atoms. The number of benzene rings is 1. The number of amides is 1. The summed E-state index contributed by atoms with van der Waals surface area (Å²) in [6.07, 6.45) is 1.38. The number of rotatable bonds is 4. The highest BCUT2D eigenvalue weighted by Gasteiger charge is 2.30. The van der Waals surface area contributed by atoms with E-state index in [1.54, 1.807) is 18.0 Å². The Balaban J connectivity index is 1.70. The number of aromatic nitrogens is 2. The first-order chi connectivity index (χ1) is 12.0. The number of likely N-dealkylation sites (N-methyl/N-ethyl adjacent to an activating group) is 1. The minimum atomic E-state index is -0.0877. The minimum absolute atomic E-state index is 0.0747. The van der Waals surface area contributed by atoms with Crippen LogP contribution in [0.3, 0.4) is 0 Å². The lowest BCUT2D eigenvalue weighted by Gasteiger charge is -2.25. The second-order valence-corrected chi connectivity index (χ2v) is 6.55. The number of hydrogen-bond donors (Lipinski definition) is 1. The summed E-state index contributed by atoms with van der Waals surface area (Å²) in [5, 5.41) is 16.2. The van der Waals surface area contributed by atoms with Gasteiger partial charge in [0, 0.05) is 25.6 Å². The minimum Gasteiger partial charge on any atom is -0.369 e. The van der Waals surface area contributed by atoms with Gasteiger partial charge in [-0.3, -0.25) is 9.89 Å². The predicted molar refractivity (Wildman–Crippen MR) is 93.1 cm³/mol. The van der Waals surface area contributed by atoms with E-state index < -0.39 is 0 Å². The first kappa shape index (κ1) is 17.2. The Hall–Kier alpha value is -2.65. The molecule has 130 valence electrons. The molecule has 6 heteroatoms. The van der Waals surface area contributed by atoms with E-state index in [1.165, 1.54) is 0 Å². The number of H-pyrrole nitrogens is 1. The fraction of sp³-hybridized carbons (Fsp3) is 0.421. The van der Waals surface area contributed by atoms with E-state index in [1.807, 2.05) is 32.0 Å². The van der Waals surface area contributed by atoms with Crippen molar-refractivity contribution < 1.29 is 9.53 Å². The molecule has 0 saturated carbocycles. The smallest absolute Gasteiger partial charge is 0.274 e. The number of nitrogens with zero attached hydrogens (tertiary/aromatic N) is 3. The van der Waals surface area contributed by atoms with Gasteiger partial charge in [-0.1, -0.05) is 12.1 Å². The number of fused-ring (bicyclic) bond motifs is 1. The lowest BCUT2D eigenvalue weighted by Crippen LogP contribution is -2.31. The molecule has 1 aliphatic rings. The highest BCUT2D eigenvalue weighted by Crippen LogP contribution is 2.30. The zero-order chi connectivity index (χ0) is 18.0. The van der Waals surface area contributed by atoms with Gasteiger partial charge in [-0.25, -0.2) is 0 Å². The number of hydrogen-bond acceptors (Lipinski definition) is 4. The lowest BCUT2D eigenvalue weighted by molar-refractivity contribution is -0.00701. The fourth-order valence-electron chi connectivity index (χ4n) is 3.23. The van der Waals surface area contributed by atoms with Gasteiger partial charge in [0.05, 0.1) is 29.5 Å². The third-order valence-electron chi connectivity index (χ3n) is 4.57. The quantitative estimate of drug-likeness (QED) is 0.929. The van der Waals surface area contributed by atoms with Crippen LogP contribution in [0.2, 0.25) is 0 Å². The molecule has 0 spiro atoms. The number of aromatic amines is 1. The van der Waals surface area contributed by atoms with E-state index in [9.17, 15) is 4.79 Å². The van der Waals surface area contributed by atoms with E-state index in [0.29, 0.717) is 30.6 Å². The molecule has 1 amide bonds. The zero-order valence-electron chi connectivity index (χ0n) is 14.7. The van der Waals surface area contributed by atoms with Crippen LogP contribution >= 0.6 is 0 Å². The molecular formula is C19H22N4O2. The van der Waals surface area contributed by atoms with Crippen LogP contribution < -0.4 is 0 Å². The molecule has 0 radical (unpaired) electrons. The van der Waals surface area contributed by atoms with E-state index in [0.717, 1.165) is 16.8 Å². The number of carbonyl (C=O) groups is 1. The first-order valence-electron chi connectivity index (χ1n) is 8.46. The van der Waals surface area contributed by atoms with Crippen molar-refractivity contribution in [2.24, 2.45) is 0 Å². The second kappa shape index (κ2) is 7.08. The van der Waals surface area contributed by atoms with Crippen molar-refractivity contribution in [1.82, 2.24) is 15.1 Å². The molecular weight excluding hydrogens is 316 g/mol. The Kier molecular flexibility index (Phi) is 4.86. The largest absolute Gasteiger partial charge is 0.369 e. The molecule has 1 aromatic carbocycles. The van der Waals surface area contributed by atoms with Crippen LogP contribution in [-0.4, -0.2) is 40.7 Å². The van der Waals surface area contributed by atoms with E-state index in [4.69, 9.17) is 10.00 Å². The fourth-order valence-corrected chi connectivity index (χ4v) is 3.23. The Labute approximate surface area is 147 Å². The maximum atomic E-state index is 12.8. The summed E-state index contributed by atoms with van der Waals surface area (Å²) < 4.78 is 5.77. The highest BCUT2D eigenvalue weighted by atomic mass is 16.5. The monoisotopic (exact) mass is 338 g/mol. The SMILES string of the molecule is C[C@@H]1Cc2c(C(=O)N(C)CCc3cccc(C#N)c3)n[nH]c2[C@H](C)O1. The third-order valence-corrected chi connectivity index (χ3v) is 4.57. The van der Waals surface area contributed by atoms with Crippen LogP contribution in [0.25, 0.3) is 0 Å². The second-order valence-electron chi connectivity index (χ2n) is 6.55. The molecule has 0 saturated heterocycles. The molecule has 25 heavy (non-hydrogen) atoms. The zero-order valence-corrected chi connectivity index (χ0v) is 14.7. The van der Waals surface area contributed by atoms with Crippen LogP contribution in [-0.2, 0) is 17.6 Å². The molecule has 0 aliphatic carbocycles. The van der Waals surface area contributed by atoms with E-state index in [-0.39, 0.29) is 18.1 Å². The highest BCUT2D eigenvalue weighted by molar-refractivity contribution is 5.94. The van der Waals surface area contributed by atoms with Gasteiger partial charge in [0.1, 0.15) is 0 Å². The van der Waals surface area contributed by atoms with Gasteiger partial charge in [-0.15, -0.1) is 0 Å². The summed E-state index contributed by atoms with van der Waals surface area (Å²) in [6, 6.07) is 9.60. The molecule has 6 nitrogen and oxygen atoms in total. The van der Waals surface area contributed by atoms with Crippen molar-refractivity contribution in [2.75, 3.05) is 13.6 Å². The molecule has 2 atom stereocenters. The van der Waals surface area contributed by atoms with Gasteiger partial charge < -0.3 is 9.64 Å². The topological polar surface area (TPSA) is 82.0 Å². The Morgan fingerprint density at radius 2 is 2.28 bits per heavy atom. The number of ether oxygens (including phenoxy) is 1. The maximum absolute atomic E-state index is 12.8. The summed E-state index contributed by atoms with van der Waals surface area (Å²) in [6.45, 7) is 4.54. The Bertz CT molecular complexity index is 821. The average molecular weight is 338 g/mol. The summed E-state index contributed by atoms with van der Waals surface area (Å²) in [7, 11) is 1.78. The van der Waals surface area contributed by atoms with Crippen molar-refractivity contribution in [1.29, 1.82) is 5.26 Å². The van der Waals surface area contributed by atoms with Crippen LogP contribution in [0.1, 0.15) is 52.8 Å². The summed E-state index contributed by atoms with van der Waals surface area (Å²) >= 11 is 0. The molecule has 0 fully saturated rings. The summed E-state index contributed by atoms with van der Waals surface area (Å²) in [4.78, 5) is 14.5. The van der Waals surface area contributed by atoms with Crippen LogP contribution in [0.15, 0.2) is 24.3 Å². The Morgan fingerprint density at radius 3 is 3.04 bits per heavy atom. The molecule has 1 aliphatic heterocycles. The molecule has 2 aromatic rings. The molecule has 1 N–H and O–H groups in total. The van der Waals surface area contributed by atoms with Gasteiger partial charge in [-0.2, -0.15) is 10.4 Å². The van der Waals surface area contributed by atoms with E-state index in [2.05, 4.69) is 16.3 Å². The van der Waals surface area contributed by atoms with Crippen LogP contribution in [0.4, 0.5) is 0 Å². The standard InChI is InChI=1S/C19H22N4O2/c1-12-9-16-17(13(2)25-12)21-22-18(16)19(24)23(3)8-7-14-5-4-6-15(10-14)11-20/h4-6,10,12-13H,7-9H2,1-3H3,(H,21,22)/t12-,13+/m1/s1. The van der Waals surface area contributed by atoms with Crippen molar-refractivity contribution in [2.45, 2.75) is 38.9 Å². The third kappa shape index (κ3) is 3.57. The molecule has 1 aromatic heterocycles. The first-order valence-corrected chi connectivity index (χ1v) is 8.46. The van der Waals surface area contributed by atoms with Crippen LogP contribution in [0, 0.1) is 11.3 Å². The lowest BCUT2D eigenvalue weighted by atomic mass is 9.99.